The molecular weight excluding hydrogens is 248 g/mol. The van der Waals surface area contributed by atoms with Crippen LogP contribution in [0.2, 0.25) is 0 Å². The highest BCUT2D eigenvalue weighted by molar-refractivity contribution is 5.40. The predicted octanol–water partition coefficient (Wildman–Crippen LogP) is 3.31. The zero-order chi connectivity index (χ0) is 14.0. The molecular formula is C17H26N2O. The third-order valence-electron chi connectivity index (χ3n) is 5.14. The molecule has 1 fully saturated rings. The van der Waals surface area contributed by atoms with Crippen LogP contribution in [-0.4, -0.2) is 22.2 Å². The zero-order valence-corrected chi connectivity index (χ0v) is 12.5. The molecule has 0 unspecified atom stereocenters. The van der Waals surface area contributed by atoms with Crippen molar-refractivity contribution < 1.29 is 5.11 Å². The van der Waals surface area contributed by atoms with Crippen molar-refractivity contribution in [1.29, 1.82) is 0 Å². The van der Waals surface area contributed by atoms with Crippen molar-refractivity contribution in [2.75, 3.05) is 11.9 Å². The van der Waals surface area contributed by atoms with Crippen LogP contribution in [0.3, 0.4) is 0 Å². The molecule has 2 N–H and O–H groups in total. The lowest BCUT2D eigenvalue weighted by Crippen LogP contribution is -2.40. The monoisotopic (exact) mass is 274 g/mol. The number of anilines is 1. The van der Waals surface area contributed by atoms with Gasteiger partial charge in [0.25, 0.3) is 0 Å². The Labute approximate surface area is 121 Å². The summed E-state index contributed by atoms with van der Waals surface area (Å²) in [7, 11) is 0. The molecule has 0 radical (unpaired) electrons. The Morgan fingerprint density at radius 1 is 1.30 bits per heavy atom. The minimum Gasteiger partial charge on any atom is -0.388 e. The van der Waals surface area contributed by atoms with E-state index in [1.165, 1.54) is 30.5 Å². The van der Waals surface area contributed by atoms with Crippen LogP contribution in [0.1, 0.15) is 56.7 Å². The second kappa shape index (κ2) is 5.72. The van der Waals surface area contributed by atoms with E-state index in [1.54, 1.807) is 0 Å². The van der Waals surface area contributed by atoms with E-state index >= 15 is 0 Å². The van der Waals surface area contributed by atoms with Crippen molar-refractivity contribution in [3.8, 4) is 0 Å². The highest BCUT2D eigenvalue weighted by Gasteiger charge is 2.32. The Kier molecular flexibility index (Phi) is 3.97. The van der Waals surface area contributed by atoms with Crippen molar-refractivity contribution >= 4 is 5.82 Å². The van der Waals surface area contributed by atoms with E-state index in [1.807, 2.05) is 0 Å². The molecule has 20 heavy (non-hydrogen) atoms. The lowest BCUT2D eigenvalue weighted by atomic mass is 9.78. The van der Waals surface area contributed by atoms with Gasteiger partial charge in [0.2, 0.25) is 0 Å². The van der Waals surface area contributed by atoms with Crippen LogP contribution >= 0.6 is 0 Å². The first kappa shape index (κ1) is 13.9. The molecule has 0 aromatic carbocycles. The molecule has 1 aromatic heterocycles. The molecule has 0 saturated heterocycles. The summed E-state index contributed by atoms with van der Waals surface area (Å²) in [4.78, 5) is 4.68. The summed E-state index contributed by atoms with van der Waals surface area (Å²) in [5, 5.41) is 14.0. The normalized spacial score (nSPS) is 29.2. The van der Waals surface area contributed by atoms with Gasteiger partial charge in [-0.3, -0.25) is 0 Å². The van der Waals surface area contributed by atoms with Gasteiger partial charge in [-0.1, -0.05) is 19.4 Å². The number of hydrogen-bond acceptors (Lipinski definition) is 3. The number of nitrogens with one attached hydrogen (secondary N) is 1. The maximum absolute atomic E-state index is 10.6. The Balaban J connectivity index is 1.56. The van der Waals surface area contributed by atoms with E-state index in [-0.39, 0.29) is 0 Å². The molecule has 2 aliphatic rings. The van der Waals surface area contributed by atoms with Crippen molar-refractivity contribution in [2.45, 2.75) is 63.9 Å². The average Bonchev–Trinajstić information content (AvgIpc) is 2.94. The quantitative estimate of drug-likeness (QED) is 0.885. The van der Waals surface area contributed by atoms with E-state index in [4.69, 9.17) is 0 Å². The number of pyridine rings is 1. The zero-order valence-electron chi connectivity index (χ0n) is 12.5. The summed E-state index contributed by atoms with van der Waals surface area (Å²) in [6, 6.07) is 4.25. The molecule has 1 aromatic rings. The van der Waals surface area contributed by atoms with Crippen LogP contribution in [0.4, 0.5) is 5.82 Å². The van der Waals surface area contributed by atoms with Crippen LogP contribution in [0.5, 0.6) is 0 Å². The summed E-state index contributed by atoms with van der Waals surface area (Å²) in [5.74, 6) is 1.74. The molecule has 3 heteroatoms. The summed E-state index contributed by atoms with van der Waals surface area (Å²) in [6.45, 7) is 2.89. The molecule has 2 aliphatic carbocycles. The van der Waals surface area contributed by atoms with E-state index in [0.717, 1.165) is 43.8 Å². The van der Waals surface area contributed by atoms with Gasteiger partial charge in [0.15, 0.2) is 0 Å². The van der Waals surface area contributed by atoms with E-state index in [0.29, 0.717) is 6.54 Å². The fourth-order valence-electron chi connectivity index (χ4n) is 3.57. The summed E-state index contributed by atoms with van der Waals surface area (Å²) < 4.78 is 0. The Morgan fingerprint density at radius 3 is 2.85 bits per heavy atom. The van der Waals surface area contributed by atoms with Crippen LogP contribution in [0, 0.1) is 5.92 Å². The third-order valence-corrected chi connectivity index (χ3v) is 5.14. The molecule has 0 bridgehead atoms. The number of hydrogen-bond donors (Lipinski definition) is 2. The third kappa shape index (κ3) is 2.98. The number of aromatic nitrogens is 1. The number of rotatable bonds is 4. The smallest absolute Gasteiger partial charge is 0.126 e. The molecule has 0 aliphatic heterocycles. The molecule has 3 nitrogen and oxygen atoms in total. The summed E-state index contributed by atoms with van der Waals surface area (Å²) >= 11 is 0. The van der Waals surface area contributed by atoms with Gasteiger partial charge in [-0.05, 0) is 62.5 Å². The SMILES string of the molecule is CCC1CCC(O)(CNc2ccc3c(n2)CCC3)CC1. The van der Waals surface area contributed by atoms with Gasteiger partial charge < -0.3 is 10.4 Å². The molecule has 1 heterocycles. The first-order chi connectivity index (χ1) is 9.68. The van der Waals surface area contributed by atoms with Crippen LogP contribution < -0.4 is 5.32 Å². The number of aliphatic hydroxyl groups is 1. The Bertz CT molecular complexity index is 464. The Hall–Kier alpha value is -1.09. The maximum Gasteiger partial charge on any atom is 0.126 e. The van der Waals surface area contributed by atoms with Gasteiger partial charge in [-0.2, -0.15) is 0 Å². The van der Waals surface area contributed by atoms with E-state index in [2.05, 4.69) is 29.4 Å². The number of aryl methyl sites for hydroxylation is 2. The first-order valence-electron chi connectivity index (χ1n) is 8.13. The lowest BCUT2D eigenvalue weighted by molar-refractivity contribution is 0.00223. The van der Waals surface area contributed by atoms with Crippen molar-refractivity contribution in [1.82, 2.24) is 4.98 Å². The molecule has 110 valence electrons. The van der Waals surface area contributed by atoms with Crippen molar-refractivity contribution in [3.63, 3.8) is 0 Å². The van der Waals surface area contributed by atoms with Crippen molar-refractivity contribution in [2.24, 2.45) is 5.92 Å². The van der Waals surface area contributed by atoms with Gasteiger partial charge in [-0.25, -0.2) is 4.98 Å². The molecule has 1 saturated carbocycles. The highest BCUT2D eigenvalue weighted by Crippen LogP contribution is 2.33. The number of fused-ring (bicyclic) bond motifs is 1. The highest BCUT2D eigenvalue weighted by atomic mass is 16.3. The van der Waals surface area contributed by atoms with E-state index in [9.17, 15) is 5.11 Å². The minimum atomic E-state index is -0.535. The fourth-order valence-corrected chi connectivity index (χ4v) is 3.57. The first-order valence-corrected chi connectivity index (χ1v) is 8.13. The van der Waals surface area contributed by atoms with Crippen LogP contribution in [-0.2, 0) is 12.8 Å². The van der Waals surface area contributed by atoms with Gasteiger partial charge in [-0.15, -0.1) is 0 Å². The van der Waals surface area contributed by atoms with Crippen molar-refractivity contribution in [3.05, 3.63) is 23.4 Å². The molecule has 3 rings (SSSR count). The largest absolute Gasteiger partial charge is 0.388 e. The van der Waals surface area contributed by atoms with E-state index < -0.39 is 5.60 Å². The van der Waals surface area contributed by atoms with Gasteiger partial charge in [0.05, 0.1) is 5.60 Å². The maximum atomic E-state index is 10.6. The summed E-state index contributed by atoms with van der Waals surface area (Å²) in [6.07, 6.45) is 8.91. The van der Waals surface area contributed by atoms with Gasteiger partial charge in [0, 0.05) is 12.2 Å². The topological polar surface area (TPSA) is 45.1 Å². The molecule has 0 spiro atoms. The molecule has 0 amide bonds. The average molecular weight is 274 g/mol. The van der Waals surface area contributed by atoms with Gasteiger partial charge in [0.1, 0.15) is 5.82 Å². The number of nitrogens with zero attached hydrogens (tertiary/aromatic N) is 1. The standard InChI is InChI=1S/C17H26N2O/c1-2-13-8-10-17(20,11-9-13)12-18-16-7-6-14-4-3-5-15(14)19-16/h6-7,13,20H,2-5,8-12H2,1H3,(H,18,19). The van der Waals surface area contributed by atoms with Gasteiger partial charge >= 0.3 is 0 Å². The molecule has 0 atom stereocenters. The summed E-state index contributed by atoms with van der Waals surface area (Å²) in [5.41, 5.74) is 2.11. The predicted molar refractivity (Wildman–Crippen MR) is 82.0 cm³/mol. The minimum absolute atomic E-state index is 0.535. The Morgan fingerprint density at radius 2 is 2.10 bits per heavy atom. The lowest BCUT2D eigenvalue weighted by Gasteiger charge is -2.36. The van der Waals surface area contributed by atoms with Crippen LogP contribution in [0.25, 0.3) is 0 Å². The van der Waals surface area contributed by atoms with Crippen LogP contribution in [0.15, 0.2) is 12.1 Å². The fraction of sp³-hybridized carbons (Fsp3) is 0.706. The second-order valence-electron chi connectivity index (χ2n) is 6.59. The second-order valence-corrected chi connectivity index (χ2v) is 6.59.